The highest BCUT2D eigenvalue weighted by Gasteiger charge is 2.18. The maximum atomic E-state index is 12.6. The van der Waals surface area contributed by atoms with Gasteiger partial charge in [0.15, 0.2) is 0 Å². The van der Waals surface area contributed by atoms with Crippen LogP contribution in [-0.4, -0.2) is 27.5 Å². The summed E-state index contributed by atoms with van der Waals surface area (Å²) in [5, 5.41) is 4.04. The molecule has 0 atom stereocenters. The zero-order chi connectivity index (χ0) is 19.2. The molecule has 3 rings (SSSR count). The fraction of sp³-hybridized carbons (Fsp3) is 0.350. The quantitative estimate of drug-likeness (QED) is 0.516. The van der Waals surface area contributed by atoms with Crippen LogP contribution < -0.4 is 0 Å². The molecule has 0 aliphatic heterocycles. The molecule has 0 saturated carbocycles. The van der Waals surface area contributed by atoms with Gasteiger partial charge in [0.2, 0.25) is 17.6 Å². The van der Waals surface area contributed by atoms with Crippen molar-refractivity contribution in [2.24, 2.45) is 5.92 Å². The van der Waals surface area contributed by atoms with Gasteiger partial charge >= 0.3 is 0 Å². The zero-order valence-corrected chi connectivity index (χ0v) is 17.0. The van der Waals surface area contributed by atoms with Crippen LogP contribution in [0.3, 0.4) is 0 Å². The Morgan fingerprint density at radius 1 is 1.22 bits per heavy atom. The number of hydrogen-bond donors (Lipinski definition) is 0. The van der Waals surface area contributed by atoms with E-state index in [0.29, 0.717) is 43.6 Å². The number of benzene rings is 1. The van der Waals surface area contributed by atoms with Crippen molar-refractivity contribution in [3.05, 3.63) is 58.8 Å². The maximum absolute atomic E-state index is 12.6. The molecule has 1 amide bonds. The normalized spacial score (nSPS) is 11.1. The Bertz CT molecular complexity index is 857. The molecular weight excluding hydrogens is 410 g/mol. The highest BCUT2D eigenvalue weighted by molar-refractivity contribution is 9.10. The van der Waals surface area contributed by atoms with Crippen LogP contribution in [0.4, 0.5) is 0 Å². The highest BCUT2D eigenvalue weighted by atomic mass is 79.9. The molecule has 0 aliphatic carbocycles. The minimum absolute atomic E-state index is 0.0917. The van der Waals surface area contributed by atoms with Gasteiger partial charge in [-0.2, -0.15) is 4.98 Å². The lowest BCUT2D eigenvalue weighted by Gasteiger charge is -2.22. The van der Waals surface area contributed by atoms with Crippen LogP contribution in [0.1, 0.15) is 31.9 Å². The third kappa shape index (κ3) is 5.53. The van der Waals surface area contributed by atoms with E-state index >= 15 is 0 Å². The molecule has 2 aromatic heterocycles. The molecule has 0 bridgehead atoms. The number of rotatable bonds is 8. The maximum Gasteiger partial charge on any atom is 0.228 e. The zero-order valence-electron chi connectivity index (χ0n) is 15.4. The van der Waals surface area contributed by atoms with E-state index in [1.807, 2.05) is 50.2 Å². The molecule has 0 fully saturated rings. The second-order valence-electron chi connectivity index (χ2n) is 6.76. The molecule has 2 heterocycles. The van der Waals surface area contributed by atoms with E-state index in [-0.39, 0.29) is 5.91 Å². The number of aromatic nitrogens is 2. The van der Waals surface area contributed by atoms with Crippen LogP contribution in [0.2, 0.25) is 0 Å². The minimum atomic E-state index is 0.0917. The predicted octanol–water partition coefficient (Wildman–Crippen LogP) is 4.71. The van der Waals surface area contributed by atoms with Crippen molar-refractivity contribution >= 4 is 21.8 Å². The Labute approximate surface area is 166 Å². The summed E-state index contributed by atoms with van der Waals surface area (Å²) in [5.74, 6) is 2.20. The van der Waals surface area contributed by atoms with E-state index in [1.165, 1.54) is 0 Å². The highest BCUT2D eigenvalue weighted by Crippen LogP contribution is 2.19. The lowest BCUT2D eigenvalue weighted by molar-refractivity contribution is -0.132. The summed E-state index contributed by atoms with van der Waals surface area (Å²) < 4.78 is 11.7. The number of carbonyl (C=O) groups is 1. The molecule has 1 aromatic carbocycles. The third-order valence-electron chi connectivity index (χ3n) is 4.03. The Morgan fingerprint density at radius 2 is 2.00 bits per heavy atom. The largest absolute Gasteiger partial charge is 0.467 e. The summed E-state index contributed by atoms with van der Waals surface area (Å²) in [6.45, 7) is 5.00. The number of hydrogen-bond acceptors (Lipinski definition) is 5. The molecule has 3 aromatic rings. The van der Waals surface area contributed by atoms with E-state index in [4.69, 9.17) is 8.94 Å². The van der Waals surface area contributed by atoms with Crippen LogP contribution >= 0.6 is 15.9 Å². The van der Waals surface area contributed by atoms with E-state index in [9.17, 15) is 4.79 Å². The summed E-state index contributed by atoms with van der Waals surface area (Å²) in [4.78, 5) is 18.8. The standard InChI is InChI=1S/C20H22BrN3O3/c1-14(2)12-19(25)24(13-17-4-3-11-26-17)10-9-18-22-20(23-27-18)15-5-7-16(21)8-6-15/h3-8,11,14H,9-10,12-13H2,1-2H3. The lowest BCUT2D eigenvalue weighted by atomic mass is 10.1. The fourth-order valence-electron chi connectivity index (χ4n) is 2.66. The van der Waals surface area contributed by atoms with Crippen LogP contribution in [0, 0.1) is 5.92 Å². The Morgan fingerprint density at radius 3 is 2.67 bits per heavy atom. The van der Waals surface area contributed by atoms with Crippen LogP contribution in [-0.2, 0) is 17.8 Å². The van der Waals surface area contributed by atoms with Crippen molar-refractivity contribution in [1.82, 2.24) is 15.0 Å². The fourth-order valence-corrected chi connectivity index (χ4v) is 2.93. The molecule has 142 valence electrons. The molecule has 0 radical (unpaired) electrons. The Kier molecular flexibility index (Phi) is 6.45. The molecule has 7 heteroatoms. The van der Waals surface area contributed by atoms with Gasteiger partial charge < -0.3 is 13.8 Å². The summed E-state index contributed by atoms with van der Waals surface area (Å²) in [6.07, 6.45) is 2.60. The minimum Gasteiger partial charge on any atom is -0.467 e. The number of furan rings is 1. The van der Waals surface area contributed by atoms with Crippen molar-refractivity contribution in [3.63, 3.8) is 0 Å². The second-order valence-corrected chi connectivity index (χ2v) is 7.68. The Hall–Kier alpha value is -2.41. The van der Waals surface area contributed by atoms with Gasteiger partial charge in [0.1, 0.15) is 5.76 Å². The van der Waals surface area contributed by atoms with E-state index in [2.05, 4.69) is 26.1 Å². The molecule has 0 aliphatic rings. The van der Waals surface area contributed by atoms with Gasteiger partial charge in [0.05, 0.1) is 12.8 Å². The number of nitrogens with zero attached hydrogens (tertiary/aromatic N) is 3. The number of amides is 1. The van der Waals surface area contributed by atoms with Crippen molar-refractivity contribution in [2.75, 3.05) is 6.54 Å². The average Bonchev–Trinajstić information content (AvgIpc) is 3.30. The van der Waals surface area contributed by atoms with Gasteiger partial charge in [-0.1, -0.05) is 34.9 Å². The summed E-state index contributed by atoms with van der Waals surface area (Å²) in [5.41, 5.74) is 0.886. The number of carbonyl (C=O) groups excluding carboxylic acids is 1. The first-order chi connectivity index (χ1) is 13.0. The van der Waals surface area contributed by atoms with Crippen LogP contribution in [0.25, 0.3) is 11.4 Å². The first kappa shape index (κ1) is 19.4. The molecule has 0 saturated heterocycles. The van der Waals surface area contributed by atoms with Crippen molar-refractivity contribution in [1.29, 1.82) is 0 Å². The van der Waals surface area contributed by atoms with Gasteiger partial charge in [0, 0.05) is 29.4 Å². The molecule has 0 N–H and O–H groups in total. The van der Waals surface area contributed by atoms with Crippen molar-refractivity contribution in [2.45, 2.75) is 33.2 Å². The van der Waals surface area contributed by atoms with Gasteiger partial charge in [-0.3, -0.25) is 4.79 Å². The molecular formula is C20H22BrN3O3. The topological polar surface area (TPSA) is 72.4 Å². The molecule has 27 heavy (non-hydrogen) atoms. The van der Waals surface area contributed by atoms with Crippen molar-refractivity contribution in [3.8, 4) is 11.4 Å². The van der Waals surface area contributed by atoms with Crippen molar-refractivity contribution < 1.29 is 13.7 Å². The smallest absolute Gasteiger partial charge is 0.228 e. The first-order valence-corrected chi connectivity index (χ1v) is 9.69. The summed E-state index contributed by atoms with van der Waals surface area (Å²) in [6, 6.07) is 11.4. The van der Waals surface area contributed by atoms with E-state index < -0.39 is 0 Å². The van der Waals surface area contributed by atoms with Crippen LogP contribution in [0.15, 0.2) is 56.1 Å². The Balaban J connectivity index is 1.65. The first-order valence-electron chi connectivity index (χ1n) is 8.90. The molecule has 0 spiro atoms. The SMILES string of the molecule is CC(C)CC(=O)N(CCc1nc(-c2ccc(Br)cc2)no1)Cc1ccco1. The van der Waals surface area contributed by atoms with Gasteiger partial charge in [-0.25, -0.2) is 0 Å². The monoisotopic (exact) mass is 431 g/mol. The summed E-state index contributed by atoms with van der Waals surface area (Å²) >= 11 is 3.41. The van der Waals surface area contributed by atoms with E-state index in [0.717, 1.165) is 15.8 Å². The molecule has 6 nitrogen and oxygen atoms in total. The van der Waals surface area contributed by atoms with Gasteiger partial charge in [0.25, 0.3) is 0 Å². The molecule has 0 unspecified atom stereocenters. The van der Waals surface area contributed by atoms with Gasteiger partial charge in [-0.05, 0) is 42.3 Å². The van der Waals surface area contributed by atoms with Crippen LogP contribution in [0.5, 0.6) is 0 Å². The van der Waals surface area contributed by atoms with E-state index in [1.54, 1.807) is 11.2 Å². The average molecular weight is 432 g/mol. The summed E-state index contributed by atoms with van der Waals surface area (Å²) in [7, 11) is 0. The van der Waals surface area contributed by atoms with Gasteiger partial charge in [-0.15, -0.1) is 0 Å². The second kappa shape index (κ2) is 8.99. The third-order valence-corrected chi connectivity index (χ3v) is 4.56. The number of halogens is 1. The lowest BCUT2D eigenvalue weighted by Crippen LogP contribution is -2.33. The predicted molar refractivity (Wildman–Crippen MR) is 105 cm³/mol.